The van der Waals surface area contributed by atoms with E-state index in [-0.39, 0.29) is 6.04 Å². The van der Waals surface area contributed by atoms with Gasteiger partial charge in [0.15, 0.2) is 0 Å². The highest BCUT2D eigenvalue weighted by molar-refractivity contribution is 5.90. The summed E-state index contributed by atoms with van der Waals surface area (Å²) in [6.07, 6.45) is 2.73. The van der Waals surface area contributed by atoms with Gasteiger partial charge >= 0.3 is 6.09 Å². The van der Waals surface area contributed by atoms with Crippen molar-refractivity contribution < 1.29 is 9.90 Å². The quantitative estimate of drug-likeness (QED) is 0.630. The summed E-state index contributed by atoms with van der Waals surface area (Å²) in [5.74, 6) is 1.44. The van der Waals surface area contributed by atoms with E-state index in [1.165, 1.54) is 4.90 Å². The molecule has 8 heteroatoms. The van der Waals surface area contributed by atoms with E-state index in [4.69, 9.17) is 4.98 Å². The summed E-state index contributed by atoms with van der Waals surface area (Å²) in [5, 5.41) is 17.1. The molecule has 2 aromatic rings. The molecule has 152 valence electrons. The van der Waals surface area contributed by atoms with E-state index in [1.54, 1.807) is 0 Å². The van der Waals surface area contributed by atoms with Crippen molar-refractivity contribution in [2.24, 2.45) is 0 Å². The van der Waals surface area contributed by atoms with Gasteiger partial charge < -0.3 is 25.5 Å². The van der Waals surface area contributed by atoms with E-state index in [2.05, 4.69) is 34.6 Å². The van der Waals surface area contributed by atoms with Gasteiger partial charge in [0, 0.05) is 31.1 Å². The van der Waals surface area contributed by atoms with E-state index in [0.717, 1.165) is 55.5 Å². The Bertz CT molecular complexity index is 797. The van der Waals surface area contributed by atoms with Crippen LogP contribution in [0.3, 0.4) is 0 Å². The van der Waals surface area contributed by atoms with E-state index in [1.807, 2.05) is 24.3 Å². The molecule has 1 fully saturated rings. The number of nitrogens with zero attached hydrogens (tertiary/aromatic N) is 4. The number of fused-ring (bicyclic) bond motifs is 1. The maximum atomic E-state index is 11.2. The van der Waals surface area contributed by atoms with Crippen molar-refractivity contribution in [2.45, 2.75) is 31.7 Å². The second-order valence-corrected chi connectivity index (χ2v) is 7.54. The first-order valence-corrected chi connectivity index (χ1v) is 9.92. The number of hydrogen-bond acceptors (Lipinski definition) is 6. The molecule has 1 aliphatic heterocycles. The Morgan fingerprint density at radius 2 is 2.07 bits per heavy atom. The van der Waals surface area contributed by atoms with Crippen LogP contribution in [-0.2, 0) is 0 Å². The molecule has 0 aliphatic carbocycles. The van der Waals surface area contributed by atoms with Crippen LogP contribution in [0.2, 0.25) is 0 Å². The molecular weight excluding hydrogens is 356 g/mol. The number of carboxylic acid groups (broad SMARTS) is 1. The molecule has 8 nitrogen and oxygen atoms in total. The van der Waals surface area contributed by atoms with Crippen LogP contribution in [0, 0.1) is 0 Å². The fourth-order valence-electron chi connectivity index (χ4n) is 3.49. The Labute approximate surface area is 166 Å². The van der Waals surface area contributed by atoms with E-state index in [0.29, 0.717) is 19.0 Å². The Morgan fingerprint density at radius 3 is 2.86 bits per heavy atom. The maximum Gasteiger partial charge on any atom is 0.407 e. The van der Waals surface area contributed by atoms with Crippen LogP contribution in [-0.4, -0.2) is 77.3 Å². The predicted octanol–water partition coefficient (Wildman–Crippen LogP) is 2.94. The number of benzene rings is 1. The number of anilines is 2. The zero-order valence-electron chi connectivity index (χ0n) is 16.7. The summed E-state index contributed by atoms with van der Waals surface area (Å²) in [4.78, 5) is 24.2. The highest BCUT2D eigenvalue weighted by Crippen LogP contribution is 2.24. The minimum Gasteiger partial charge on any atom is -0.465 e. The molecule has 1 aromatic carbocycles. The van der Waals surface area contributed by atoms with E-state index >= 15 is 0 Å². The van der Waals surface area contributed by atoms with Gasteiger partial charge in [-0.3, -0.25) is 0 Å². The third-order valence-electron chi connectivity index (χ3n) is 5.01. The van der Waals surface area contributed by atoms with Crippen LogP contribution in [0.15, 0.2) is 24.3 Å². The van der Waals surface area contributed by atoms with Crippen LogP contribution in [0.5, 0.6) is 0 Å². The third-order valence-corrected chi connectivity index (χ3v) is 5.01. The molecule has 1 amide bonds. The Hall–Kier alpha value is -2.61. The number of amides is 1. The monoisotopic (exact) mass is 386 g/mol. The predicted molar refractivity (Wildman–Crippen MR) is 112 cm³/mol. The van der Waals surface area contributed by atoms with E-state index < -0.39 is 6.09 Å². The van der Waals surface area contributed by atoms with Crippen molar-refractivity contribution in [3.8, 4) is 0 Å². The lowest BCUT2D eigenvalue weighted by Crippen LogP contribution is -2.31. The van der Waals surface area contributed by atoms with Crippen LogP contribution in [0.4, 0.5) is 16.6 Å². The molecule has 28 heavy (non-hydrogen) atoms. The Balaban J connectivity index is 1.72. The fraction of sp³-hybridized carbons (Fsp3) is 0.550. The second kappa shape index (κ2) is 9.54. The summed E-state index contributed by atoms with van der Waals surface area (Å²) in [7, 11) is 4.12. The standard InChI is InChI=1S/C20H30N6O2/c1-25(2)12-6-11-21-19-23-17-9-4-3-8-16(17)18(24-19)22-15-7-5-13-26(14-10-15)20(27)28/h3-4,8-9,15H,5-7,10-14H2,1-2H3,(H,27,28)(H2,21,22,23,24). The van der Waals surface area contributed by atoms with Crippen molar-refractivity contribution in [1.82, 2.24) is 19.8 Å². The van der Waals surface area contributed by atoms with Gasteiger partial charge in [0.1, 0.15) is 5.82 Å². The van der Waals surface area contributed by atoms with Crippen molar-refractivity contribution in [3.05, 3.63) is 24.3 Å². The van der Waals surface area contributed by atoms with Crippen molar-refractivity contribution in [3.63, 3.8) is 0 Å². The highest BCUT2D eigenvalue weighted by Gasteiger charge is 2.21. The number of hydrogen-bond donors (Lipinski definition) is 3. The molecule has 1 aliphatic rings. The number of aromatic nitrogens is 2. The van der Waals surface area contributed by atoms with Gasteiger partial charge in [0.25, 0.3) is 0 Å². The number of carbonyl (C=O) groups is 1. The van der Waals surface area contributed by atoms with Crippen molar-refractivity contribution in [2.75, 3.05) is 50.9 Å². The normalized spacial score (nSPS) is 17.5. The maximum absolute atomic E-state index is 11.2. The summed E-state index contributed by atoms with van der Waals surface area (Å²) in [6, 6.07) is 8.18. The SMILES string of the molecule is CN(C)CCCNc1nc(NC2CCCN(C(=O)O)CC2)c2ccccc2n1. The largest absolute Gasteiger partial charge is 0.465 e. The van der Waals surface area contributed by atoms with Gasteiger partial charge in [0.05, 0.1) is 5.52 Å². The van der Waals surface area contributed by atoms with Gasteiger partial charge in [-0.15, -0.1) is 0 Å². The minimum absolute atomic E-state index is 0.198. The van der Waals surface area contributed by atoms with Crippen LogP contribution in [0.25, 0.3) is 10.9 Å². The summed E-state index contributed by atoms with van der Waals surface area (Å²) >= 11 is 0. The first kappa shape index (κ1) is 20.1. The van der Waals surface area contributed by atoms with Crippen molar-refractivity contribution >= 4 is 28.8 Å². The fourth-order valence-corrected chi connectivity index (χ4v) is 3.49. The number of nitrogens with one attached hydrogen (secondary N) is 2. The number of para-hydroxylation sites is 1. The lowest BCUT2D eigenvalue weighted by atomic mass is 10.1. The molecule has 0 spiro atoms. The summed E-state index contributed by atoms with van der Waals surface area (Å²) in [6.45, 7) is 2.96. The molecule has 1 unspecified atom stereocenters. The minimum atomic E-state index is -0.836. The van der Waals surface area contributed by atoms with Crippen LogP contribution >= 0.6 is 0 Å². The van der Waals surface area contributed by atoms with Gasteiger partial charge in [-0.2, -0.15) is 4.98 Å². The molecule has 2 heterocycles. The first-order chi connectivity index (χ1) is 13.5. The Kier molecular flexibility index (Phi) is 6.86. The molecule has 1 atom stereocenters. The van der Waals surface area contributed by atoms with Gasteiger partial charge in [-0.05, 0) is 58.5 Å². The lowest BCUT2D eigenvalue weighted by molar-refractivity contribution is 0.147. The molecular formula is C20H30N6O2. The number of likely N-dealkylation sites (tertiary alicyclic amines) is 1. The second-order valence-electron chi connectivity index (χ2n) is 7.54. The molecule has 1 aromatic heterocycles. The van der Waals surface area contributed by atoms with Gasteiger partial charge in [-0.1, -0.05) is 12.1 Å². The summed E-state index contributed by atoms with van der Waals surface area (Å²) in [5.41, 5.74) is 0.899. The first-order valence-electron chi connectivity index (χ1n) is 9.92. The molecule has 0 bridgehead atoms. The average molecular weight is 387 g/mol. The zero-order chi connectivity index (χ0) is 19.9. The zero-order valence-corrected chi connectivity index (χ0v) is 16.7. The van der Waals surface area contributed by atoms with Gasteiger partial charge in [0.2, 0.25) is 5.95 Å². The van der Waals surface area contributed by atoms with Gasteiger partial charge in [-0.25, -0.2) is 9.78 Å². The topological polar surface area (TPSA) is 93.6 Å². The average Bonchev–Trinajstić information content (AvgIpc) is 2.91. The van der Waals surface area contributed by atoms with Crippen LogP contribution < -0.4 is 10.6 Å². The van der Waals surface area contributed by atoms with Crippen molar-refractivity contribution in [1.29, 1.82) is 0 Å². The molecule has 3 rings (SSSR count). The molecule has 1 saturated heterocycles. The lowest BCUT2D eigenvalue weighted by Gasteiger charge is -2.19. The van der Waals surface area contributed by atoms with E-state index in [9.17, 15) is 9.90 Å². The third kappa shape index (κ3) is 5.45. The summed E-state index contributed by atoms with van der Waals surface area (Å²) < 4.78 is 0. The molecule has 3 N–H and O–H groups in total. The van der Waals surface area contributed by atoms with Crippen LogP contribution in [0.1, 0.15) is 25.7 Å². The molecule has 0 radical (unpaired) electrons. The molecule has 0 saturated carbocycles. The highest BCUT2D eigenvalue weighted by atomic mass is 16.4. The smallest absolute Gasteiger partial charge is 0.407 e. The Morgan fingerprint density at radius 1 is 1.25 bits per heavy atom. The number of rotatable bonds is 7.